The van der Waals surface area contributed by atoms with Crippen LogP contribution in [0.15, 0.2) is 22.7 Å². The first-order valence-corrected chi connectivity index (χ1v) is 7.27. The van der Waals surface area contributed by atoms with Gasteiger partial charge in [-0.05, 0) is 62.7 Å². The fraction of sp³-hybridized carbons (Fsp3) is 0.571. The third-order valence-corrected chi connectivity index (χ3v) is 3.80. The van der Waals surface area contributed by atoms with Crippen molar-refractivity contribution >= 4 is 15.9 Å². The van der Waals surface area contributed by atoms with Gasteiger partial charge >= 0.3 is 0 Å². The maximum atomic E-state index is 13.3. The van der Waals surface area contributed by atoms with E-state index in [1.807, 2.05) is 6.07 Å². The van der Waals surface area contributed by atoms with E-state index in [4.69, 9.17) is 0 Å². The highest BCUT2D eigenvalue weighted by molar-refractivity contribution is 9.10. The SMILES string of the molecule is CN(Cc1cc(F)cc(Br)c1)CC1CCCNC1. The molecule has 1 fully saturated rings. The van der Waals surface area contributed by atoms with Crippen LogP contribution in [0.1, 0.15) is 18.4 Å². The van der Waals surface area contributed by atoms with Gasteiger partial charge in [0.2, 0.25) is 0 Å². The molecule has 100 valence electrons. The second-order valence-corrected chi connectivity index (χ2v) is 6.10. The molecular weight excluding hydrogens is 295 g/mol. The maximum Gasteiger partial charge on any atom is 0.124 e. The van der Waals surface area contributed by atoms with E-state index in [0.29, 0.717) is 0 Å². The molecule has 0 aromatic heterocycles. The van der Waals surface area contributed by atoms with E-state index in [1.165, 1.54) is 18.9 Å². The first-order valence-electron chi connectivity index (χ1n) is 6.48. The Balaban J connectivity index is 1.87. The summed E-state index contributed by atoms with van der Waals surface area (Å²) >= 11 is 3.33. The van der Waals surface area contributed by atoms with Gasteiger partial charge in [0.1, 0.15) is 5.82 Å². The van der Waals surface area contributed by atoms with Gasteiger partial charge in [-0.1, -0.05) is 15.9 Å². The fourth-order valence-electron chi connectivity index (χ4n) is 2.60. The standard InChI is InChI=1S/C14H20BrFN2/c1-18(9-11-3-2-4-17-8-11)10-12-5-13(15)7-14(16)6-12/h5-7,11,17H,2-4,8-10H2,1H3. The third kappa shape index (κ3) is 4.34. The largest absolute Gasteiger partial charge is 0.316 e. The summed E-state index contributed by atoms with van der Waals surface area (Å²) in [5.41, 5.74) is 1.02. The Hall–Kier alpha value is -0.450. The van der Waals surface area contributed by atoms with Crippen molar-refractivity contribution in [2.45, 2.75) is 19.4 Å². The predicted molar refractivity (Wildman–Crippen MR) is 76.0 cm³/mol. The predicted octanol–water partition coefficient (Wildman–Crippen LogP) is 3.02. The lowest BCUT2D eigenvalue weighted by Gasteiger charge is -2.27. The Kier molecular flexibility index (Phi) is 5.15. The minimum atomic E-state index is -0.174. The molecule has 1 aliphatic heterocycles. The van der Waals surface area contributed by atoms with Crippen molar-refractivity contribution in [2.75, 3.05) is 26.7 Å². The van der Waals surface area contributed by atoms with Crippen LogP contribution in [0.2, 0.25) is 0 Å². The molecule has 1 saturated heterocycles. The molecule has 2 rings (SSSR count). The van der Waals surface area contributed by atoms with Gasteiger partial charge in [0.15, 0.2) is 0 Å². The fourth-order valence-corrected chi connectivity index (χ4v) is 3.11. The van der Waals surface area contributed by atoms with Gasteiger partial charge in [-0.3, -0.25) is 0 Å². The van der Waals surface area contributed by atoms with Gasteiger partial charge in [0, 0.05) is 17.6 Å². The smallest absolute Gasteiger partial charge is 0.124 e. The molecule has 18 heavy (non-hydrogen) atoms. The minimum Gasteiger partial charge on any atom is -0.316 e. The lowest BCUT2D eigenvalue weighted by Crippen LogP contribution is -2.36. The lowest BCUT2D eigenvalue weighted by atomic mass is 9.99. The zero-order valence-corrected chi connectivity index (χ0v) is 12.3. The Morgan fingerprint density at radius 2 is 2.28 bits per heavy atom. The number of rotatable bonds is 4. The number of piperidine rings is 1. The quantitative estimate of drug-likeness (QED) is 0.919. The number of hydrogen-bond donors (Lipinski definition) is 1. The summed E-state index contributed by atoms with van der Waals surface area (Å²) < 4.78 is 14.1. The maximum absolute atomic E-state index is 13.3. The van der Waals surface area contributed by atoms with Crippen molar-refractivity contribution in [1.29, 1.82) is 0 Å². The molecule has 4 heteroatoms. The summed E-state index contributed by atoms with van der Waals surface area (Å²) in [5.74, 6) is 0.549. The summed E-state index contributed by atoms with van der Waals surface area (Å²) in [7, 11) is 2.10. The molecule has 0 spiro atoms. The van der Waals surface area contributed by atoms with Gasteiger partial charge in [-0.2, -0.15) is 0 Å². The Morgan fingerprint density at radius 1 is 1.44 bits per heavy atom. The topological polar surface area (TPSA) is 15.3 Å². The van der Waals surface area contributed by atoms with Gasteiger partial charge in [-0.25, -0.2) is 4.39 Å². The molecule has 0 radical (unpaired) electrons. The summed E-state index contributed by atoms with van der Waals surface area (Å²) in [6.07, 6.45) is 2.56. The molecule has 2 nitrogen and oxygen atoms in total. The summed E-state index contributed by atoms with van der Waals surface area (Å²) in [6.45, 7) is 4.13. The van der Waals surface area contributed by atoms with Crippen LogP contribution in [0.4, 0.5) is 4.39 Å². The van der Waals surface area contributed by atoms with Crippen molar-refractivity contribution in [3.8, 4) is 0 Å². The lowest BCUT2D eigenvalue weighted by molar-refractivity contribution is 0.237. The van der Waals surface area contributed by atoms with Crippen LogP contribution < -0.4 is 5.32 Å². The zero-order valence-electron chi connectivity index (χ0n) is 10.8. The Morgan fingerprint density at radius 3 is 2.94 bits per heavy atom. The Labute approximate surface area is 117 Å². The molecule has 1 aliphatic rings. The monoisotopic (exact) mass is 314 g/mol. The first kappa shape index (κ1) is 14.0. The van der Waals surface area contributed by atoms with E-state index in [9.17, 15) is 4.39 Å². The van der Waals surface area contributed by atoms with Gasteiger partial charge in [-0.15, -0.1) is 0 Å². The van der Waals surface area contributed by atoms with Crippen molar-refractivity contribution in [3.63, 3.8) is 0 Å². The van der Waals surface area contributed by atoms with Gasteiger partial charge in [0.25, 0.3) is 0 Å². The van der Waals surface area contributed by atoms with Crippen molar-refractivity contribution in [3.05, 3.63) is 34.1 Å². The van der Waals surface area contributed by atoms with Crippen LogP contribution in [0.3, 0.4) is 0 Å². The molecule has 1 unspecified atom stereocenters. The number of nitrogens with zero attached hydrogens (tertiary/aromatic N) is 1. The molecular formula is C14H20BrFN2. The van der Waals surface area contributed by atoms with E-state index >= 15 is 0 Å². The highest BCUT2D eigenvalue weighted by Crippen LogP contribution is 2.17. The van der Waals surface area contributed by atoms with E-state index in [1.54, 1.807) is 6.07 Å². The van der Waals surface area contributed by atoms with E-state index in [0.717, 1.165) is 42.1 Å². The van der Waals surface area contributed by atoms with Crippen LogP contribution in [0.5, 0.6) is 0 Å². The van der Waals surface area contributed by atoms with Crippen LogP contribution in [-0.2, 0) is 6.54 Å². The van der Waals surface area contributed by atoms with Crippen LogP contribution in [0, 0.1) is 11.7 Å². The van der Waals surface area contributed by atoms with E-state index in [-0.39, 0.29) is 5.82 Å². The van der Waals surface area contributed by atoms with Crippen molar-refractivity contribution in [1.82, 2.24) is 10.2 Å². The first-order chi connectivity index (χ1) is 8.63. The summed E-state index contributed by atoms with van der Waals surface area (Å²) in [6, 6.07) is 5.09. The molecule has 0 aliphatic carbocycles. The molecule has 1 heterocycles. The third-order valence-electron chi connectivity index (χ3n) is 3.34. The number of nitrogens with one attached hydrogen (secondary N) is 1. The highest BCUT2D eigenvalue weighted by Gasteiger charge is 2.15. The number of benzene rings is 1. The molecule has 0 saturated carbocycles. The van der Waals surface area contributed by atoms with Gasteiger partial charge in [0.05, 0.1) is 0 Å². The second-order valence-electron chi connectivity index (χ2n) is 5.19. The van der Waals surface area contributed by atoms with Crippen LogP contribution in [-0.4, -0.2) is 31.6 Å². The number of hydrogen-bond acceptors (Lipinski definition) is 2. The molecule has 0 amide bonds. The van der Waals surface area contributed by atoms with E-state index < -0.39 is 0 Å². The van der Waals surface area contributed by atoms with Crippen LogP contribution >= 0.6 is 15.9 Å². The summed E-state index contributed by atoms with van der Waals surface area (Å²) in [5, 5.41) is 3.43. The minimum absolute atomic E-state index is 0.174. The van der Waals surface area contributed by atoms with Crippen molar-refractivity contribution < 1.29 is 4.39 Å². The van der Waals surface area contributed by atoms with Gasteiger partial charge < -0.3 is 10.2 Å². The molecule has 1 N–H and O–H groups in total. The average molecular weight is 315 g/mol. The normalized spacial score (nSPS) is 20.3. The zero-order chi connectivity index (χ0) is 13.0. The average Bonchev–Trinajstić information content (AvgIpc) is 2.28. The summed E-state index contributed by atoms with van der Waals surface area (Å²) in [4.78, 5) is 2.28. The second kappa shape index (κ2) is 6.64. The van der Waals surface area contributed by atoms with E-state index in [2.05, 4.69) is 33.2 Å². The molecule has 1 atom stereocenters. The molecule has 0 bridgehead atoms. The Bertz CT molecular complexity index is 371. The van der Waals surface area contributed by atoms with Crippen LogP contribution in [0.25, 0.3) is 0 Å². The molecule has 1 aromatic rings. The highest BCUT2D eigenvalue weighted by atomic mass is 79.9. The molecule has 1 aromatic carbocycles. The van der Waals surface area contributed by atoms with Crippen molar-refractivity contribution in [2.24, 2.45) is 5.92 Å². The number of halogens is 2.